The highest BCUT2D eigenvalue weighted by atomic mass is 16.3. The average Bonchev–Trinajstić information content (AvgIpc) is 2.16. The molecule has 1 rings (SSSR count). The monoisotopic (exact) mass is 191 g/mol. The SMILES string of the molecule is CC(O)CN(C)c1cnccc1C#N. The van der Waals surface area contributed by atoms with Crippen LogP contribution in [0.2, 0.25) is 0 Å². The Hall–Kier alpha value is -1.60. The predicted octanol–water partition coefficient (Wildman–Crippen LogP) is 0.770. The number of aliphatic hydroxyl groups is 1. The summed E-state index contributed by atoms with van der Waals surface area (Å²) in [6, 6.07) is 3.75. The van der Waals surface area contributed by atoms with Gasteiger partial charge in [0.2, 0.25) is 0 Å². The first-order valence-electron chi connectivity index (χ1n) is 4.38. The summed E-state index contributed by atoms with van der Waals surface area (Å²) in [4.78, 5) is 5.76. The van der Waals surface area contributed by atoms with E-state index in [1.807, 2.05) is 11.9 Å². The van der Waals surface area contributed by atoms with E-state index < -0.39 is 6.10 Å². The van der Waals surface area contributed by atoms with Crippen molar-refractivity contribution >= 4 is 5.69 Å². The predicted molar refractivity (Wildman–Crippen MR) is 53.9 cm³/mol. The van der Waals surface area contributed by atoms with Crippen molar-refractivity contribution in [2.24, 2.45) is 0 Å². The number of aromatic nitrogens is 1. The standard InChI is InChI=1S/C10H13N3O/c1-8(14)7-13(2)10-6-12-4-3-9(10)5-11/h3-4,6,8,14H,7H2,1-2H3. The van der Waals surface area contributed by atoms with E-state index in [2.05, 4.69) is 11.1 Å². The molecule has 1 aromatic heterocycles. The van der Waals surface area contributed by atoms with E-state index in [1.165, 1.54) is 0 Å². The van der Waals surface area contributed by atoms with Gasteiger partial charge in [0.15, 0.2) is 0 Å². The van der Waals surface area contributed by atoms with Gasteiger partial charge in [0.25, 0.3) is 0 Å². The Morgan fingerprint density at radius 1 is 1.71 bits per heavy atom. The minimum atomic E-state index is -0.424. The van der Waals surface area contributed by atoms with Crippen LogP contribution < -0.4 is 4.90 Å². The van der Waals surface area contributed by atoms with Gasteiger partial charge in [-0.15, -0.1) is 0 Å². The number of anilines is 1. The number of rotatable bonds is 3. The first kappa shape index (κ1) is 10.5. The molecule has 1 N–H and O–H groups in total. The Bertz CT molecular complexity index is 343. The van der Waals surface area contributed by atoms with Crippen LogP contribution in [0, 0.1) is 11.3 Å². The third-order valence-electron chi connectivity index (χ3n) is 1.87. The molecule has 1 heterocycles. The molecule has 0 amide bonds. The van der Waals surface area contributed by atoms with Gasteiger partial charge in [-0.3, -0.25) is 4.98 Å². The first-order chi connectivity index (χ1) is 6.65. The van der Waals surface area contributed by atoms with E-state index in [-0.39, 0.29) is 0 Å². The van der Waals surface area contributed by atoms with Crippen molar-refractivity contribution in [2.45, 2.75) is 13.0 Å². The van der Waals surface area contributed by atoms with Crippen molar-refractivity contribution in [3.8, 4) is 6.07 Å². The number of nitriles is 1. The van der Waals surface area contributed by atoms with Gasteiger partial charge in [-0.05, 0) is 13.0 Å². The Labute approximate surface area is 83.4 Å². The topological polar surface area (TPSA) is 60.1 Å². The number of hydrogen-bond acceptors (Lipinski definition) is 4. The van der Waals surface area contributed by atoms with Crippen LogP contribution >= 0.6 is 0 Å². The second-order valence-electron chi connectivity index (χ2n) is 3.23. The molecule has 0 aromatic carbocycles. The maximum absolute atomic E-state index is 9.20. The van der Waals surface area contributed by atoms with E-state index in [0.29, 0.717) is 12.1 Å². The van der Waals surface area contributed by atoms with Crippen LogP contribution in [0.15, 0.2) is 18.5 Å². The normalized spacial score (nSPS) is 11.9. The summed E-state index contributed by atoms with van der Waals surface area (Å²) in [5, 5.41) is 18.0. The summed E-state index contributed by atoms with van der Waals surface area (Å²) < 4.78 is 0. The zero-order chi connectivity index (χ0) is 10.6. The maximum Gasteiger partial charge on any atom is 0.101 e. The summed E-state index contributed by atoms with van der Waals surface area (Å²) in [5.41, 5.74) is 1.32. The minimum absolute atomic E-state index is 0.424. The number of aliphatic hydroxyl groups excluding tert-OH is 1. The van der Waals surface area contributed by atoms with E-state index >= 15 is 0 Å². The summed E-state index contributed by atoms with van der Waals surface area (Å²) >= 11 is 0. The summed E-state index contributed by atoms with van der Waals surface area (Å²) in [6.07, 6.45) is 2.78. The second kappa shape index (κ2) is 4.58. The minimum Gasteiger partial charge on any atom is -0.392 e. The van der Waals surface area contributed by atoms with Gasteiger partial charge >= 0.3 is 0 Å². The van der Waals surface area contributed by atoms with Gasteiger partial charge in [0, 0.05) is 19.8 Å². The van der Waals surface area contributed by atoms with Gasteiger partial charge in [0.05, 0.1) is 23.6 Å². The molecule has 14 heavy (non-hydrogen) atoms. The zero-order valence-electron chi connectivity index (χ0n) is 8.31. The number of nitrogens with zero attached hydrogens (tertiary/aromatic N) is 3. The van der Waals surface area contributed by atoms with Crippen LogP contribution in [0.5, 0.6) is 0 Å². The van der Waals surface area contributed by atoms with Crippen LogP contribution in [-0.2, 0) is 0 Å². The van der Waals surface area contributed by atoms with Gasteiger partial charge in [-0.2, -0.15) is 5.26 Å². The number of likely N-dealkylation sites (N-methyl/N-ethyl adjacent to an activating group) is 1. The highest BCUT2D eigenvalue weighted by Crippen LogP contribution is 2.16. The van der Waals surface area contributed by atoms with Crippen molar-refractivity contribution in [1.82, 2.24) is 4.98 Å². The molecule has 4 heteroatoms. The van der Waals surface area contributed by atoms with Gasteiger partial charge in [-0.1, -0.05) is 0 Å². The Morgan fingerprint density at radius 2 is 2.43 bits per heavy atom. The second-order valence-corrected chi connectivity index (χ2v) is 3.23. The van der Waals surface area contributed by atoms with Crippen molar-refractivity contribution in [1.29, 1.82) is 5.26 Å². The first-order valence-corrected chi connectivity index (χ1v) is 4.38. The molecule has 74 valence electrons. The molecule has 0 bridgehead atoms. The van der Waals surface area contributed by atoms with E-state index in [4.69, 9.17) is 5.26 Å². The van der Waals surface area contributed by atoms with E-state index in [1.54, 1.807) is 25.4 Å². The van der Waals surface area contributed by atoms with Crippen molar-refractivity contribution in [2.75, 3.05) is 18.5 Å². The third kappa shape index (κ3) is 2.44. The lowest BCUT2D eigenvalue weighted by molar-refractivity contribution is 0.201. The smallest absolute Gasteiger partial charge is 0.101 e. The molecule has 1 unspecified atom stereocenters. The molecule has 1 atom stereocenters. The Kier molecular flexibility index (Phi) is 3.43. The largest absolute Gasteiger partial charge is 0.392 e. The van der Waals surface area contributed by atoms with Crippen LogP contribution in [0.3, 0.4) is 0 Å². The van der Waals surface area contributed by atoms with Crippen molar-refractivity contribution < 1.29 is 5.11 Å². The average molecular weight is 191 g/mol. The fourth-order valence-electron chi connectivity index (χ4n) is 1.28. The van der Waals surface area contributed by atoms with E-state index in [0.717, 1.165) is 5.69 Å². The van der Waals surface area contributed by atoms with E-state index in [9.17, 15) is 5.11 Å². The molecule has 0 saturated heterocycles. The fraction of sp³-hybridized carbons (Fsp3) is 0.400. The molecule has 0 spiro atoms. The van der Waals surface area contributed by atoms with Crippen molar-refractivity contribution in [3.63, 3.8) is 0 Å². The van der Waals surface area contributed by atoms with Crippen LogP contribution in [0.25, 0.3) is 0 Å². The van der Waals surface area contributed by atoms with Gasteiger partial charge in [0.1, 0.15) is 6.07 Å². The third-order valence-corrected chi connectivity index (χ3v) is 1.87. The van der Waals surface area contributed by atoms with Crippen molar-refractivity contribution in [3.05, 3.63) is 24.0 Å². The van der Waals surface area contributed by atoms with Crippen LogP contribution in [0.4, 0.5) is 5.69 Å². The zero-order valence-corrected chi connectivity index (χ0v) is 8.31. The Balaban J connectivity index is 2.89. The summed E-state index contributed by atoms with van der Waals surface area (Å²) in [7, 11) is 1.82. The molecule has 0 radical (unpaired) electrons. The lowest BCUT2D eigenvalue weighted by atomic mass is 10.2. The molecule has 0 fully saturated rings. The molecular formula is C10H13N3O. The fourth-order valence-corrected chi connectivity index (χ4v) is 1.28. The molecule has 0 saturated carbocycles. The lowest BCUT2D eigenvalue weighted by Crippen LogP contribution is -2.27. The van der Waals surface area contributed by atoms with Crippen LogP contribution in [-0.4, -0.2) is 29.8 Å². The number of hydrogen-bond donors (Lipinski definition) is 1. The highest BCUT2D eigenvalue weighted by molar-refractivity contribution is 5.56. The Morgan fingerprint density at radius 3 is 3.00 bits per heavy atom. The number of pyridine rings is 1. The molecule has 1 aromatic rings. The molecule has 0 aliphatic heterocycles. The highest BCUT2D eigenvalue weighted by Gasteiger charge is 2.08. The van der Waals surface area contributed by atoms with Crippen LogP contribution in [0.1, 0.15) is 12.5 Å². The molecule has 4 nitrogen and oxygen atoms in total. The lowest BCUT2D eigenvalue weighted by Gasteiger charge is -2.21. The van der Waals surface area contributed by atoms with Gasteiger partial charge in [-0.25, -0.2) is 0 Å². The molecule has 0 aliphatic carbocycles. The quantitative estimate of drug-likeness (QED) is 0.766. The summed E-state index contributed by atoms with van der Waals surface area (Å²) in [5.74, 6) is 0. The molecular weight excluding hydrogens is 178 g/mol. The van der Waals surface area contributed by atoms with Gasteiger partial charge < -0.3 is 10.0 Å². The molecule has 0 aliphatic rings. The summed E-state index contributed by atoms with van der Waals surface area (Å²) in [6.45, 7) is 2.19. The maximum atomic E-state index is 9.20.